The van der Waals surface area contributed by atoms with Gasteiger partial charge in [-0.05, 0) is 56.5 Å². The lowest BCUT2D eigenvalue weighted by Crippen LogP contribution is -2.42. The lowest BCUT2D eigenvalue weighted by Gasteiger charge is -2.23. The van der Waals surface area contributed by atoms with E-state index in [1.165, 1.54) is 21.2 Å². The number of hydrogen-bond donors (Lipinski definition) is 0. The first-order valence-electron chi connectivity index (χ1n) is 11.0. The summed E-state index contributed by atoms with van der Waals surface area (Å²) >= 11 is 1.53. The summed E-state index contributed by atoms with van der Waals surface area (Å²) in [5.74, 6) is 0.545. The van der Waals surface area contributed by atoms with Gasteiger partial charge < -0.3 is 4.42 Å². The number of imide groups is 1. The zero-order valence-electron chi connectivity index (χ0n) is 19.1. The number of nitrogens with zero attached hydrogens (tertiary/aromatic N) is 4. The predicted octanol–water partition coefficient (Wildman–Crippen LogP) is 4.49. The first-order valence-corrected chi connectivity index (χ1v) is 11.9. The van der Waals surface area contributed by atoms with Crippen LogP contribution in [0.2, 0.25) is 0 Å². The van der Waals surface area contributed by atoms with Crippen molar-refractivity contribution in [2.75, 3.05) is 11.4 Å². The van der Waals surface area contributed by atoms with Gasteiger partial charge in [0, 0.05) is 17.0 Å². The van der Waals surface area contributed by atoms with Crippen LogP contribution in [-0.4, -0.2) is 46.1 Å². The van der Waals surface area contributed by atoms with Crippen molar-refractivity contribution < 1.29 is 18.8 Å². The van der Waals surface area contributed by atoms with Gasteiger partial charge in [-0.3, -0.25) is 19.4 Å². The number of rotatable bonds is 5. The van der Waals surface area contributed by atoms with E-state index >= 15 is 0 Å². The average Bonchev–Trinajstić information content (AvgIpc) is 3.60. The molecule has 0 saturated carbocycles. The summed E-state index contributed by atoms with van der Waals surface area (Å²) in [5.41, 5.74) is 2.33. The van der Waals surface area contributed by atoms with Gasteiger partial charge in [0.2, 0.25) is 0 Å². The molecule has 3 aromatic rings. The van der Waals surface area contributed by atoms with Crippen LogP contribution in [0.25, 0.3) is 0 Å². The Morgan fingerprint density at radius 2 is 1.88 bits per heavy atom. The molecule has 0 spiro atoms. The van der Waals surface area contributed by atoms with Crippen LogP contribution in [0.5, 0.6) is 0 Å². The molecule has 2 aliphatic rings. The Morgan fingerprint density at radius 3 is 2.53 bits per heavy atom. The van der Waals surface area contributed by atoms with Gasteiger partial charge >= 0.3 is 6.03 Å². The van der Waals surface area contributed by atoms with E-state index in [9.17, 15) is 14.4 Å². The number of furan rings is 1. The van der Waals surface area contributed by atoms with Crippen LogP contribution in [0.3, 0.4) is 0 Å². The fraction of sp³-hybridized carbons (Fsp3) is 0.280. The normalized spacial score (nSPS) is 20.4. The molecule has 174 valence electrons. The third-order valence-corrected chi connectivity index (χ3v) is 7.09. The van der Waals surface area contributed by atoms with E-state index in [2.05, 4.69) is 5.10 Å². The molecule has 8 nitrogen and oxygen atoms in total. The summed E-state index contributed by atoms with van der Waals surface area (Å²) in [5, 5.41) is 7.89. The zero-order valence-corrected chi connectivity index (χ0v) is 19.9. The number of carbonyl (C=O) groups excluding carboxylic acids is 3. The van der Waals surface area contributed by atoms with Crippen molar-refractivity contribution in [2.45, 2.75) is 39.3 Å². The molecule has 2 aliphatic heterocycles. The second-order valence-electron chi connectivity index (χ2n) is 8.52. The van der Waals surface area contributed by atoms with Gasteiger partial charge in [0.15, 0.2) is 0 Å². The molecule has 2 aromatic heterocycles. The predicted molar refractivity (Wildman–Crippen MR) is 129 cm³/mol. The lowest BCUT2D eigenvalue weighted by molar-refractivity contribution is -0.138. The number of hydrazone groups is 1. The SMILES string of the molecule is Cc1ccc(N2C(=O)N(CC(=O)N3N=C(c4ccc(C)o4)C[C@H]3c3cccs3)C(=O)[C@H]2C)cc1. The maximum absolute atomic E-state index is 13.4. The standard InChI is InChI=1S/C25H24N4O4S/c1-15-6-9-18(10-7-15)28-17(3)24(31)27(25(28)32)14-23(30)29-20(22-5-4-12-34-22)13-19(26-29)21-11-8-16(2)33-21/h4-12,17,20H,13-14H2,1-3H3/t17-,20+/m1/s1. The molecule has 5 rings (SSSR count). The number of urea groups is 1. The smallest absolute Gasteiger partial charge is 0.332 e. The van der Waals surface area contributed by atoms with Crippen molar-refractivity contribution >= 4 is 40.6 Å². The second kappa shape index (κ2) is 8.57. The quantitative estimate of drug-likeness (QED) is 0.508. The highest BCUT2D eigenvalue weighted by Gasteiger charge is 2.45. The van der Waals surface area contributed by atoms with E-state index in [1.807, 2.05) is 55.6 Å². The topological polar surface area (TPSA) is 86.4 Å². The van der Waals surface area contributed by atoms with Crippen LogP contribution >= 0.6 is 11.3 Å². The van der Waals surface area contributed by atoms with E-state index in [-0.39, 0.29) is 12.6 Å². The average molecular weight is 477 g/mol. The van der Waals surface area contributed by atoms with E-state index in [1.54, 1.807) is 19.1 Å². The Bertz CT molecular complexity index is 1280. The maximum Gasteiger partial charge on any atom is 0.332 e. The molecular weight excluding hydrogens is 452 g/mol. The summed E-state index contributed by atoms with van der Waals surface area (Å²) in [4.78, 5) is 43.0. The number of amides is 4. The fourth-order valence-corrected chi connectivity index (χ4v) is 5.11. The Balaban J connectivity index is 1.40. The summed E-state index contributed by atoms with van der Waals surface area (Å²) in [6.45, 7) is 5.10. The number of carbonyl (C=O) groups is 3. The largest absolute Gasteiger partial charge is 0.460 e. The first-order chi connectivity index (χ1) is 16.3. The molecule has 0 bridgehead atoms. The van der Waals surface area contributed by atoms with Gasteiger partial charge in [0.1, 0.15) is 29.8 Å². The van der Waals surface area contributed by atoms with Crippen molar-refractivity contribution in [3.05, 3.63) is 75.9 Å². The fourth-order valence-electron chi connectivity index (χ4n) is 4.30. The van der Waals surface area contributed by atoms with Crippen LogP contribution in [-0.2, 0) is 9.59 Å². The maximum atomic E-state index is 13.4. The molecule has 34 heavy (non-hydrogen) atoms. The van der Waals surface area contributed by atoms with Crippen molar-refractivity contribution in [1.29, 1.82) is 0 Å². The minimum Gasteiger partial charge on any atom is -0.460 e. The summed E-state index contributed by atoms with van der Waals surface area (Å²) in [6, 6.07) is 13.4. The number of benzene rings is 1. The third kappa shape index (κ3) is 3.81. The van der Waals surface area contributed by atoms with Crippen molar-refractivity contribution in [1.82, 2.24) is 9.91 Å². The zero-order chi connectivity index (χ0) is 24.0. The van der Waals surface area contributed by atoms with Gasteiger partial charge in [-0.2, -0.15) is 5.10 Å². The number of anilines is 1. The number of aryl methyl sites for hydroxylation is 2. The highest BCUT2D eigenvalue weighted by atomic mass is 32.1. The Kier molecular flexibility index (Phi) is 5.57. The second-order valence-corrected chi connectivity index (χ2v) is 9.50. The summed E-state index contributed by atoms with van der Waals surface area (Å²) < 4.78 is 5.72. The van der Waals surface area contributed by atoms with Crippen LogP contribution in [0, 0.1) is 13.8 Å². The van der Waals surface area contributed by atoms with Crippen LogP contribution in [0.4, 0.5) is 10.5 Å². The molecule has 0 N–H and O–H groups in total. The van der Waals surface area contributed by atoms with Gasteiger partial charge in [-0.15, -0.1) is 11.3 Å². The molecule has 0 aliphatic carbocycles. The molecule has 1 aromatic carbocycles. The Morgan fingerprint density at radius 1 is 1.12 bits per heavy atom. The molecule has 4 amide bonds. The molecule has 9 heteroatoms. The number of thiophene rings is 1. The molecule has 0 radical (unpaired) electrons. The molecule has 1 saturated heterocycles. The molecule has 1 fully saturated rings. The molecule has 0 unspecified atom stereocenters. The van der Waals surface area contributed by atoms with Crippen LogP contribution in [0.1, 0.15) is 41.3 Å². The van der Waals surface area contributed by atoms with Gasteiger partial charge in [-0.1, -0.05) is 23.8 Å². The third-order valence-electron chi connectivity index (χ3n) is 6.12. The molecule has 2 atom stereocenters. The Labute approximate surface area is 201 Å². The summed E-state index contributed by atoms with van der Waals surface area (Å²) in [7, 11) is 0. The molecule has 4 heterocycles. The van der Waals surface area contributed by atoms with E-state index in [4.69, 9.17) is 4.42 Å². The molecular formula is C25H24N4O4S. The van der Waals surface area contributed by atoms with E-state index < -0.39 is 23.9 Å². The van der Waals surface area contributed by atoms with Gasteiger partial charge in [0.25, 0.3) is 11.8 Å². The monoisotopic (exact) mass is 476 g/mol. The Hall–Kier alpha value is -3.72. The van der Waals surface area contributed by atoms with E-state index in [0.717, 1.165) is 21.1 Å². The highest BCUT2D eigenvalue weighted by molar-refractivity contribution is 7.10. The summed E-state index contributed by atoms with van der Waals surface area (Å²) in [6.07, 6.45) is 0.493. The van der Waals surface area contributed by atoms with Crippen LogP contribution in [0.15, 0.2) is 63.4 Å². The van der Waals surface area contributed by atoms with Crippen molar-refractivity contribution in [3.63, 3.8) is 0 Å². The minimum absolute atomic E-state index is 0.314. The number of hydrogen-bond acceptors (Lipinski definition) is 6. The lowest BCUT2D eigenvalue weighted by atomic mass is 10.1. The van der Waals surface area contributed by atoms with E-state index in [0.29, 0.717) is 23.6 Å². The van der Waals surface area contributed by atoms with Gasteiger partial charge in [0.05, 0.1) is 6.04 Å². The van der Waals surface area contributed by atoms with Crippen LogP contribution < -0.4 is 4.90 Å². The van der Waals surface area contributed by atoms with Crippen molar-refractivity contribution in [2.24, 2.45) is 5.10 Å². The van der Waals surface area contributed by atoms with Gasteiger partial charge in [-0.25, -0.2) is 9.80 Å². The highest BCUT2D eigenvalue weighted by Crippen LogP contribution is 2.36. The van der Waals surface area contributed by atoms with Crippen molar-refractivity contribution in [3.8, 4) is 0 Å². The minimum atomic E-state index is -0.695. The first kappa shape index (κ1) is 22.1.